The van der Waals surface area contributed by atoms with E-state index in [0.717, 1.165) is 17.5 Å². The predicted octanol–water partition coefficient (Wildman–Crippen LogP) is 3.17. The van der Waals surface area contributed by atoms with Crippen molar-refractivity contribution >= 4 is 17.3 Å². The number of ether oxygens (including phenoxy) is 1. The summed E-state index contributed by atoms with van der Waals surface area (Å²) in [6.45, 7) is 2.66. The summed E-state index contributed by atoms with van der Waals surface area (Å²) in [7, 11) is 0. The molecule has 0 unspecified atom stereocenters. The van der Waals surface area contributed by atoms with Crippen molar-refractivity contribution in [2.45, 2.75) is 13.3 Å². The first-order valence-corrected chi connectivity index (χ1v) is 6.08. The Labute approximate surface area is 111 Å². The van der Waals surface area contributed by atoms with Gasteiger partial charge >= 0.3 is 0 Å². The highest BCUT2D eigenvalue weighted by atomic mass is 35.5. The van der Waals surface area contributed by atoms with Crippen LogP contribution in [0.25, 0.3) is 11.1 Å². The third-order valence-corrected chi connectivity index (χ3v) is 2.73. The zero-order valence-electron chi connectivity index (χ0n) is 10.1. The average Bonchev–Trinajstić information content (AvgIpc) is 2.39. The van der Waals surface area contributed by atoms with Crippen LogP contribution in [0.15, 0.2) is 30.7 Å². The maximum Gasteiger partial charge on any atom is 0.213 e. The van der Waals surface area contributed by atoms with Crippen LogP contribution in [0.2, 0.25) is 5.02 Å². The van der Waals surface area contributed by atoms with E-state index in [0.29, 0.717) is 23.2 Å². The van der Waals surface area contributed by atoms with Crippen molar-refractivity contribution in [2.24, 2.45) is 0 Å². The van der Waals surface area contributed by atoms with Gasteiger partial charge in [-0.15, -0.1) is 0 Å². The first-order valence-electron chi connectivity index (χ1n) is 5.70. The second-order valence-electron chi connectivity index (χ2n) is 3.81. The minimum Gasteiger partial charge on any atom is -0.478 e. The molecule has 0 aliphatic rings. The number of halogens is 1. The van der Waals surface area contributed by atoms with E-state index in [1.165, 1.54) is 0 Å². The normalized spacial score (nSPS) is 10.3. The molecular weight excluding hydrogens is 250 g/mol. The van der Waals surface area contributed by atoms with Crippen molar-refractivity contribution in [1.82, 2.24) is 9.97 Å². The molecule has 0 aliphatic carbocycles. The van der Waals surface area contributed by atoms with Gasteiger partial charge in [0, 0.05) is 35.3 Å². The quantitative estimate of drug-likeness (QED) is 0.920. The van der Waals surface area contributed by atoms with Crippen LogP contribution in [-0.2, 0) is 0 Å². The zero-order valence-corrected chi connectivity index (χ0v) is 10.8. The molecule has 0 saturated carbocycles. The Kier molecular flexibility index (Phi) is 3.99. The van der Waals surface area contributed by atoms with Crippen molar-refractivity contribution in [2.75, 3.05) is 12.3 Å². The third-order valence-electron chi connectivity index (χ3n) is 2.43. The minimum absolute atomic E-state index is 0.526. The molecule has 2 aromatic heterocycles. The summed E-state index contributed by atoms with van der Waals surface area (Å²) in [5.74, 6) is 0.541. The molecule has 2 heterocycles. The number of nitrogens with zero attached hydrogens (tertiary/aromatic N) is 2. The van der Waals surface area contributed by atoms with Crippen molar-refractivity contribution in [3.8, 4) is 17.0 Å². The Balaban J connectivity index is 2.40. The van der Waals surface area contributed by atoms with E-state index in [1.807, 2.05) is 6.92 Å². The molecule has 2 N–H and O–H groups in total. The highest BCUT2D eigenvalue weighted by molar-refractivity contribution is 6.33. The molecule has 0 bridgehead atoms. The van der Waals surface area contributed by atoms with Crippen LogP contribution in [-0.4, -0.2) is 16.6 Å². The summed E-state index contributed by atoms with van der Waals surface area (Å²) >= 11 is 6.14. The number of hydrogen-bond acceptors (Lipinski definition) is 4. The largest absolute Gasteiger partial charge is 0.478 e. The predicted molar refractivity (Wildman–Crippen MR) is 72.7 cm³/mol. The molecule has 18 heavy (non-hydrogen) atoms. The molecule has 4 nitrogen and oxygen atoms in total. The molecule has 2 aromatic rings. The number of nitrogens with two attached hydrogens (primary N) is 1. The summed E-state index contributed by atoms with van der Waals surface area (Å²) in [4.78, 5) is 8.17. The molecule has 0 aliphatic heterocycles. The van der Waals surface area contributed by atoms with Gasteiger partial charge in [-0.2, -0.15) is 0 Å². The molecule has 94 valence electrons. The highest BCUT2D eigenvalue weighted by Crippen LogP contribution is 2.32. The van der Waals surface area contributed by atoms with Crippen molar-refractivity contribution < 1.29 is 4.74 Å². The van der Waals surface area contributed by atoms with Gasteiger partial charge in [0.2, 0.25) is 5.88 Å². The maximum atomic E-state index is 6.14. The van der Waals surface area contributed by atoms with Gasteiger partial charge in [0.1, 0.15) is 0 Å². The summed E-state index contributed by atoms with van der Waals surface area (Å²) in [5.41, 5.74) is 8.10. The number of hydrogen-bond donors (Lipinski definition) is 1. The Morgan fingerprint density at radius 3 is 2.89 bits per heavy atom. The molecule has 0 atom stereocenters. The molecule has 2 rings (SSSR count). The standard InChI is InChI=1S/C13H14ClN3O/c1-2-5-18-13-6-9(11(14)8-17-13)10-7-16-4-3-12(10)15/h3-4,6-8H,2,5H2,1H3,(H2,15,16). The Morgan fingerprint density at radius 2 is 2.17 bits per heavy atom. The lowest BCUT2D eigenvalue weighted by Gasteiger charge is -2.09. The smallest absolute Gasteiger partial charge is 0.213 e. The molecule has 0 fully saturated rings. The van der Waals surface area contributed by atoms with Gasteiger partial charge in [-0.3, -0.25) is 4.98 Å². The zero-order chi connectivity index (χ0) is 13.0. The first kappa shape index (κ1) is 12.6. The SMILES string of the molecule is CCCOc1cc(-c2cnccc2N)c(Cl)cn1. The third kappa shape index (κ3) is 2.71. The Morgan fingerprint density at radius 1 is 1.33 bits per heavy atom. The molecule has 5 heteroatoms. The van der Waals surface area contributed by atoms with E-state index in [2.05, 4.69) is 9.97 Å². The van der Waals surface area contributed by atoms with Crippen LogP contribution in [0, 0.1) is 0 Å². The summed E-state index contributed by atoms with van der Waals surface area (Å²) < 4.78 is 5.48. The maximum absolute atomic E-state index is 6.14. The number of pyridine rings is 2. The second kappa shape index (κ2) is 5.69. The van der Waals surface area contributed by atoms with Crippen LogP contribution in [0.3, 0.4) is 0 Å². The number of aromatic nitrogens is 2. The molecule has 0 spiro atoms. The lowest BCUT2D eigenvalue weighted by atomic mass is 10.1. The van der Waals surface area contributed by atoms with Crippen LogP contribution in [0.1, 0.15) is 13.3 Å². The number of anilines is 1. The van der Waals surface area contributed by atoms with E-state index >= 15 is 0 Å². The summed E-state index contributed by atoms with van der Waals surface area (Å²) in [6.07, 6.45) is 5.81. The van der Waals surface area contributed by atoms with Gasteiger partial charge < -0.3 is 10.5 Å². The topological polar surface area (TPSA) is 61.0 Å². The second-order valence-corrected chi connectivity index (χ2v) is 4.22. The number of rotatable bonds is 4. The highest BCUT2D eigenvalue weighted by Gasteiger charge is 2.09. The van der Waals surface area contributed by atoms with E-state index in [9.17, 15) is 0 Å². The average molecular weight is 264 g/mol. The van der Waals surface area contributed by atoms with Gasteiger partial charge in [0.25, 0.3) is 0 Å². The monoisotopic (exact) mass is 263 g/mol. The van der Waals surface area contributed by atoms with Crippen molar-refractivity contribution in [1.29, 1.82) is 0 Å². The molecule has 0 radical (unpaired) electrons. The van der Waals surface area contributed by atoms with Crippen LogP contribution >= 0.6 is 11.6 Å². The molecule has 0 aromatic carbocycles. The van der Waals surface area contributed by atoms with Crippen LogP contribution < -0.4 is 10.5 Å². The van der Waals surface area contributed by atoms with Crippen LogP contribution in [0.4, 0.5) is 5.69 Å². The lowest BCUT2D eigenvalue weighted by molar-refractivity contribution is 0.305. The molecule has 0 amide bonds. The van der Waals surface area contributed by atoms with E-state index in [-0.39, 0.29) is 0 Å². The summed E-state index contributed by atoms with van der Waals surface area (Å²) in [5, 5.41) is 0.526. The van der Waals surface area contributed by atoms with Crippen LogP contribution in [0.5, 0.6) is 5.88 Å². The first-order chi connectivity index (χ1) is 8.72. The fourth-order valence-corrected chi connectivity index (χ4v) is 1.75. The van der Waals surface area contributed by atoms with Gasteiger partial charge in [-0.25, -0.2) is 4.98 Å². The lowest BCUT2D eigenvalue weighted by Crippen LogP contribution is -1.98. The summed E-state index contributed by atoms with van der Waals surface area (Å²) in [6, 6.07) is 3.52. The fraction of sp³-hybridized carbons (Fsp3) is 0.231. The van der Waals surface area contributed by atoms with Gasteiger partial charge in [0.15, 0.2) is 0 Å². The van der Waals surface area contributed by atoms with E-state index in [1.54, 1.807) is 30.7 Å². The molecular formula is C13H14ClN3O. The van der Waals surface area contributed by atoms with E-state index < -0.39 is 0 Å². The van der Waals surface area contributed by atoms with Crippen molar-refractivity contribution in [3.63, 3.8) is 0 Å². The fourth-order valence-electron chi connectivity index (χ4n) is 1.54. The van der Waals surface area contributed by atoms with Gasteiger partial charge in [0.05, 0.1) is 17.8 Å². The number of nitrogen functional groups attached to an aromatic ring is 1. The molecule has 0 saturated heterocycles. The van der Waals surface area contributed by atoms with Crippen molar-refractivity contribution in [3.05, 3.63) is 35.7 Å². The minimum atomic E-state index is 0.526. The van der Waals surface area contributed by atoms with Gasteiger partial charge in [-0.1, -0.05) is 18.5 Å². The van der Waals surface area contributed by atoms with Gasteiger partial charge in [-0.05, 0) is 12.5 Å². The Bertz CT molecular complexity index is 546. The van der Waals surface area contributed by atoms with E-state index in [4.69, 9.17) is 22.1 Å². The Hall–Kier alpha value is -1.81.